The van der Waals surface area contributed by atoms with Gasteiger partial charge >= 0.3 is 0 Å². The average Bonchev–Trinajstić information content (AvgIpc) is 2.51. The maximum Gasteiger partial charge on any atom is 0.259 e. The van der Waals surface area contributed by atoms with Gasteiger partial charge in [0.25, 0.3) is 5.56 Å². The molecular weight excluding hydrogens is 170 g/mol. The van der Waals surface area contributed by atoms with Crippen molar-refractivity contribution in [3.8, 4) is 5.88 Å². The van der Waals surface area contributed by atoms with Crippen molar-refractivity contribution in [2.45, 2.75) is 6.42 Å². The molecule has 13 heavy (non-hydrogen) atoms. The first-order valence-corrected chi connectivity index (χ1v) is 4.12. The molecule has 0 saturated carbocycles. The Hall–Kier alpha value is -1.52. The van der Waals surface area contributed by atoms with Gasteiger partial charge in [0, 0.05) is 20.5 Å². The Morgan fingerprint density at radius 2 is 2.31 bits per heavy atom. The minimum Gasteiger partial charge on any atom is -0.477 e. The monoisotopic (exact) mass is 181 g/mol. The van der Waals surface area contributed by atoms with Gasteiger partial charge in [-0.05, 0) is 0 Å². The fraction of sp³-hybridized carbons (Fsp3) is 0.500. The highest BCUT2D eigenvalue weighted by atomic mass is 16.5. The van der Waals surface area contributed by atoms with Crippen LogP contribution in [0.2, 0.25) is 0 Å². The second-order valence-corrected chi connectivity index (χ2v) is 3.17. The molecule has 1 aliphatic rings. The van der Waals surface area contributed by atoms with Gasteiger partial charge in [0.15, 0.2) is 0 Å². The summed E-state index contributed by atoms with van der Waals surface area (Å²) in [4.78, 5) is 20.0. The van der Waals surface area contributed by atoms with Gasteiger partial charge in [-0.15, -0.1) is 0 Å². The standard InChI is InChI=1S/C8H11N3O2/c1-11(2)8-9-6(12)5-3-4-13-7(5)10-8/h3-4H2,1-2H3,(H,9,10,12). The normalized spacial score (nSPS) is 13.7. The molecule has 0 atom stereocenters. The van der Waals surface area contributed by atoms with Crippen LogP contribution in [0.3, 0.4) is 0 Å². The van der Waals surface area contributed by atoms with Crippen LogP contribution >= 0.6 is 0 Å². The zero-order valence-corrected chi connectivity index (χ0v) is 7.63. The van der Waals surface area contributed by atoms with Crippen LogP contribution < -0.4 is 15.2 Å². The molecule has 0 unspecified atom stereocenters. The van der Waals surface area contributed by atoms with Crippen molar-refractivity contribution >= 4 is 5.95 Å². The van der Waals surface area contributed by atoms with E-state index in [1.165, 1.54) is 0 Å². The molecule has 0 aliphatic carbocycles. The predicted octanol–water partition coefficient (Wildman–Crippen LogP) is -0.229. The quantitative estimate of drug-likeness (QED) is 0.650. The summed E-state index contributed by atoms with van der Waals surface area (Å²) in [5.41, 5.74) is 0.566. The summed E-state index contributed by atoms with van der Waals surface area (Å²) in [6.07, 6.45) is 0.658. The molecule has 1 aromatic rings. The lowest BCUT2D eigenvalue weighted by molar-refractivity contribution is 0.344. The molecule has 2 rings (SSSR count). The van der Waals surface area contributed by atoms with Crippen molar-refractivity contribution in [3.63, 3.8) is 0 Å². The smallest absolute Gasteiger partial charge is 0.259 e. The highest BCUT2D eigenvalue weighted by Gasteiger charge is 2.18. The third-order valence-electron chi connectivity index (χ3n) is 1.98. The van der Waals surface area contributed by atoms with Crippen molar-refractivity contribution in [1.29, 1.82) is 0 Å². The molecule has 70 valence electrons. The van der Waals surface area contributed by atoms with E-state index in [4.69, 9.17) is 4.74 Å². The van der Waals surface area contributed by atoms with Crippen molar-refractivity contribution in [2.75, 3.05) is 25.6 Å². The van der Waals surface area contributed by atoms with Gasteiger partial charge in [-0.25, -0.2) is 0 Å². The van der Waals surface area contributed by atoms with E-state index in [0.29, 0.717) is 30.4 Å². The molecule has 1 aliphatic heterocycles. The third-order valence-corrected chi connectivity index (χ3v) is 1.98. The SMILES string of the molecule is CN(C)c1nc2c(c(=O)[nH]1)CCO2. The van der Waals surface area contributed by atoms with Gasteiger partial charge < -0.3 is 9.64 Å². The average molecular weight is 181 g/mol. The van der Waals surface area contributed by atoms with E-state index in [1.807, 2.05) is 14.1 Å². The minimum atomic E-state index is -0.0915. The van der Waals surface area contributed by atoms with Crippen molar-refractivity contribution in [3.05, 3.63) is 15.9 Å². The van der Waals surface area contributed by atoms with Crippen LogP contribution in [-0.4, -0.2) is 30.7 Å². The number of nitrogens with zero attached hydrogens (tertiary/aromatic N) is 2. The number of anilines is 1. The number of aromatic nitrogens is 2. The fourth-order valence-corrected chi connectivity index (χ4v) is 1.27. The second-order valence-electron chi connectivity index (χ2n) is 3.17. The van der Waals surface area contributed by atoms with E-state index in [2.05, 4.69) is 9.97 Å². The lowest BCUT2D eigenvalue weighted by Crippen LogP contribution is -2.20. The molecule has 2 heterocycles. The Balaban J connectivity index is 2.56. The Morgan fingerprint density at radius 3 is 3.00 bits per heavy atom. The van der Waals surface area contributed by atoms with Crippen LogP contribution in [0.5, 0.6) is 5.88 Å². The number of nitrogens with one attached hydrogen (secondary N) is 1. The molecule has 1 aromatic heterocycles. The fourth-order valence-electron chi connectivity index (χ4n) is 1.27. The van der Waals surface area contributed by atoms with Gasteiger partial charge in [-0.3, -0.25) is 9.78 Å². The predicted molar refractivity (Wildman–Crippen MR) is 48.4 cm³/mol. The van der Waals surface area contributed by atoms with Gasteiger partial charge in [-0.2, -0.15) is 4.98 Å². The minimum absolute atomic E-state index is 0.0915. The number of fused-ring (bicyclic) bond motifs is 1. The van der Waals surface area contributed by atoms with E-state index in [0.717, 1.165) is 0 Å². The molecule has 0 saturated heterocycles. The van der Waals surface area contributed by atoms with Gasteiger partial charge in [0.1, 0.15) is 0 Å². The largest absolute Gasteiger partial charge is 0.477 e. The molecule has 0 radical (unpaired) electrons. The van der Waals surface area contributed by atoms with E-state index in [9.17, 15) is 4.79 Å². The maximum atomic E-state index is 11.4. The van der Waals surface area contributed by atoms with Crippen molar-refractivity contribution < 1.29 is 4.74 Å². The van der Waals surface area contributed by atoms with Gasteiger partial charge in [0.05, 0.1) is 12.2 Å². The summed E-state index contributed by atoms with van der Waals surface area (Å²) < 4.78 is 5.21. The maximum absolute atomic E-state index is 11.4. The highest BCUT2D eigenvalue weighted by Crippen LogP contribution is 2.19. The Kier molecular flexibility index (Phi) is 1.72. The Labute approximate surface area is 75.4 Å². The van der Waals surface area contributed by atoms with Crippen LogP contribution in [0, 0.1) is 0 Å². The van der Waals surface area contributed by atoms with E-state index < -0.39 is 0 Å². The third kappa shape index (κ3) is 1.26. The number of rotatable bonds is 1. The zero-order valence-electron chi connectivity index (χ0n) is 7.63. The lowest BCUT2D eigenvalue weighted by atomic mass is 10.3. The zero-order chi connectivity index (χ0) is 9.42. The van der Waals surface area contributed by atoms with Crippen LogP contribution in [0.15, 0.2) is 4.79 Å². The molecule has 0 bridgehead atoms. The number of H-pyrrole nitrogens is 1. The molecular formula is C8H11N3O2. The van der Waals surface area contributed by atoms with Crippen LogP contribution in [-0.2, 0) is 6.42 Å². The number of ether oxygens (including phenoxy) is 1. The molecule has 1 N–H and O–H groups in total. The summed E-state index contributed by atoms with van der Waals surface area (Å²) in [7, 11) is 3.64. The van der Waals surface area contributed by atoms with Crippen LogP contribution in [0.25, 0.3) is 0 Å². The molecule has 5 nitrogen and oxygen atoms in total. The Morgan fingerprint density at radius 1 is 1.54 bits per heavy atom. The van der Waals surface area contributed by atoms with E-state index in [-0.39, 0.29) is 5.56 Å². The summed E-state index contributed by atoms with van der Waals surface area (Å²) >= 11 is 0. The van der Waals surface area contributed by atoms with Gasteiger partial charge in [0.2, 0.25) is 11.8 Å². The summed E-state index contributed by atoms with van der Waals surface area (Å²) in [5, 5.41) is 0. The van der Waals surface area contributed by atoms with Crippen molar-refractivity contribution in [1.82, 2.24) is 9.97 Å². The summed E-state index contributed by atoms with van der Waals surface area (Å²) in [5.74, 6) is 1.01. The molecule has 0 amide bonds. The van der Waals surface area contributed by atoms with E-state index in [1.54, 1.807) is 4.90 Å². The first kappa shape index (κ1) is 8.10. The molecule has 5 heteroatoms. The topological polar surface area (TPSA) is 58.2 Å². The summed E-state index contributed by atoms with van der Waals surface area (Å²) in [6, 6.07) is 0. The highest BCUT2D eigenvalue weighted by molar-refractivity contribution is 5.36. The number of hydrogen-bond acceptors (Lipinski definition) is 4. The van der Waals surface area contributed by atoms with Gasteiger partial charge in [-0.1, -0.05) is 0 Å². The summed E-state index contributed by atoms with van der Waals surface area (Å²) in [6.45, 7) is 0.558. The molecule has 0 fully saturated rings. The van der Waals surface area contributed by atoms with E-state index >= 15 is 0 Å². The first-order chi connectivity index (χ1) is 6.18. The lowest BCUT2D eigenvalue weighted by Gasteiger charge is -2.10. The van der Waals surface area contributed by atoms with Crippen LogP contribution in [0.4, 0.5) is 5.95 Å². The Bertz CT molecular complexity index is 383. The van der Waals surface area contributed by atoms with Crippen LogP contribution in [0.1, 0.15) is 5.56 Å². The number of aromatic amines is 1. The second kappa shape index (κ2) is 2.76. The number of hydrogen-bond donors (Lipinski definition) is 1. The van der Waals surface area contributed by atoms with Crippen molar-refractivity contribution in [2.24, 2.45) is 0 Å². The first-order valence-electron chi connectivity index (χ1n) is 4.12. The molecule has 0 spiro atoms. The molecule has 0 aromatic carbocycles.